The third-order valence-electron chi connectivity index (χ3n) is 8.24. The lowest BCUT2D eigenvalue weighted by atomic mass is 10.1. The van der Waals surface area contributed by atoms with Crippen molar-refractivity contribution >= 4 is 17.9 Å². The van der Waals surface area contributed by atoms with Gasteiger partial charge in [-0.25, -0.2) is 0 Å². The molecule has 0 saturated heterocycles. The van der Waals surface area contributed by atoms with Gasteiger partial charge < -0.3 is 14.2 Å². The number of esters is 3. The zero-order valence-corrected chi connectivity index (χ0v) is 29.9. The zero-order valence-electron chi connectivity index (χ0n) is 29.9. The average Bonchev–Trinajstić information content (AvgIpc) is 3.03. The molecule has 0 N–H and O–H groups in total. The molecule has 0 amide bonds. The monoisotopic (exact) mass is 637 g/mol. The van der Waals surface area contributed by atoms with Gasteiger partial charge in [0.25, 0.3) is 0 Å². The third kappa shape index (κ3) is 33.3. The summed E-state index contributed by atoms with van der Waals surface area (Å²) in [5.74, 6) is -0.946. The molecule has 0 heterocycles. The highest BCUT2D eigenvalue weighted by molar-refractivity contribution is 5.71. The van der Waals surface area contributed by atoms with Crippen molar-refractivity contribution in [2.24, 2.45) is 0 Å². The number of unbranched alkanes of at least 4 members (excludes halogenated alkanes) is 21. The predicted molar refractivity (Wildman–Crippen MR) is 187 cm³/mol. The maximum atomic E-state index is 12.5. The molecule has 6 heteroatoms. The van der Waals surface area contributed by atoms with Crippen LogP contribution in [0.15, 0.2) is 12.2 Å². The maximum Gasteiger partial charge on any atom is 0.306 e. The number of allylic oxidation sites excluding steroid dienone is 2. The van der Waals surface area contributed by atoms with Crippen molar-refractivity contribution < 1.29 is 28.6 Å². The molecule has 0 rings (SSSR count). The first-order valence-corrected chi connectivity index (χ1v) is 19.2. The highest BCUT2D eigenvalue weighted by Gasteiger charge is 2.19. The summed E-state index contributed by atoms with van der Waals surface area (Å²) in [5.41, 5.74) is 0. The number of rotatable bonds is 34. The van der Waals surface area contributed by atoms with Crippen molar-refractivity contribution in [1.29, 1.82) is 0 Å². The van der Waals surface area contributed by atoms with Crippen molar-refractivity contribution in [3.63, 3.8) is 0 Å². The summed E-state index contributed by atoms with van der Waals surface area (Å²) in [6, 6.07) is 0. The lowest BCUT2D eigenvalue weighted by Gasteiger charge is -2.18. The van der Waals surface area contributed by atoms with E-state index in [1.807, 2.05) is 6.92 Å². The largest absolute Gasteiger partial charge is 0.462 e. The standard InChI is InChI=1S/C39H72O6/c1-4-7-9-11-13-15-17-18-19-20-22-24-26-28-30-33-39(42)45-36(34-43-37(40)31-6-3)35-44-38(41)32-29-27-25-23-21-16-14-12-10-8-5-2/h18-19,36H,4-17,20-35H2,1-3H3/b19-18-. The smallest absolute Gasteiger partial charge is 0.306 e. The van der Waals surface area contributed by atoms with Gasteiger partial charge in [0, 0.05) is 19.3 Å². The SMILES string of the molecule is CCCCCCCC/C=C\CCCCCCCC(=O)OC(COC(=O)CCC)COC(=O)CCCCCCCCCCCCC. The number of carbonyl (C=O) groups is 3. The summed E-state index contributed by atoms with van der Waals surface area (Å²) in [6.07, 6.45) is 34.7. The molecular weight excluding hydrogens is 564 g/mol. The third-order valence-corrected chi connectivity index (χ3v) is 8.24. The van der Waals surface area contributed by atoms with Crippen LogP contribution in [0.4, 0.5) is 0 Å². The van der Waals surface area contributed by atoms with Crippen molar-refractivity contribution in [2.45, 2.75) is 207 Å². The highest BCUT2D eigenvalue weighted by Crippen LogP contribution is 2.13. The van der Waals surface area contributed by atoms with Crippen molar-refractivity contribution in [3.8, 4) is 0 Å². The summed E-state index contributed by atoms with van der Waals surface area (Å²) in [4.78, 5) is 36.6. The Morgan fingerprint density at radius 1 is 0.422 bits per heavy atom. The van der Waals surface area contributed by atoms with Gasteiger partial charge in [0.2, 0.25) is 0 Å². The summed E-state index contributed by atoms with van der Waals surface area (Å²) in [7, 11) is 0. The van der Waals surface area contributed by atoms with Crippen molar-refractivity contribution in [1.82, 2.24) is 0 Å². The maximum absolute atomic E-state index is 12.5. The van der Waals surface area contributed by atoms with Crippen molar-refractivity contribution in [2.75, 3.05) is 13.2 Å². The van der Waals surface area contributed by atoms with Crippen LogP contribution in [0.1, 0.15) is 201 Å². The Balaban J connectivity index is 4.04. The minimum Gasteiger partial charge on any atom is -0.462 e. The minimum absolute atomic E-state index is 0.0750. The molecule has 0 spiro atoms. The van der Waals surface area contributed by atoms with E-state index in [0.29, 0.717) is 25.7 Å². The van der Waals surface area contributed by atoms with Crippen LogP contribution in [-0.4, -0.2) is 37.2 Å². The predicted octanol–water partition coefficient (Wildman–Crippen LogP) is 11.5. The first-order chi connectivity index (χ1) is 22.0. The Hall–Kier alpha value is -1.85. The van der Waals surface area contributed by atoms with Crippen LogP contribution in [0.2, 0.25) is 0 Å². The molecule has 0 saturated carbocycles. The topological polar surface area (TPSA) is 78.9 Å². The second-order valence-electron chi connectivity index (χ2n) is 12.8. The molecule has 0 aliphatic rings. The molecule has 264 valence electrons. The van der Waals surface area contributed by atoms with Gasteiger partial charge in [0.15, 0.2) is 6.10 Å². The van der Waals surface area contributed by atoms with E-state index in [-0.39, 0.29) is 31.1 Å². The molecule has 0 aliphatic heterocycles. The van der Waals surface area contributed by atoms with Gasteiger partial charge in [0.1, 0.15) is 13.2 Å². The molecular formula is C39H72O6. The van der Waals surface area contributed by atoms with Crippen molar-refractivity contribution in [3.05, 3.63) is 12.2 Å². The molecule has 6 nitrogen and oxygen atoms in total. The summed E-state index contributed by atoms with van der Waals surface area (Å²) >= 11 is 0. The fraction of sp³-hybridized carbons (Fsp3) is 0.872. The molecule has 0 aliphatic carbocycles. The molecule has 0 aromatic heterocycles. The number of hydrogen-bond acceptors (Lipinski definition) is 6. The van der Waals surface area contributed by atoms with Crippen LogP contribution in [0.5, 0.6) is 0 Å². The van der Waals surface area contributed by atoms with E-state index in [9.17, 15) is 14.4 Å². The summed E-state index contributed by atoms with van der Waals surface area (Å²) in [6.45, 7) is 6.25. The minimum atomic E-state index is -0.761. The zero-order chi connectivity index (χ0) is 33.1. The Morgan fingerprint density at radius 3 is 1.20 bits per heavy atom. The molecule has 1 unspecified atom stereocenters. The van der Waals surface area contributed by atoms with E-state index in [2.05, 4.69) is 26.0 Å². The first kappa shape index (κ1) is 43.1. The second kappa shape index (κ2) is 35.0. The lowest BCUT2D eigenvalue weighted by Crippen LogP contribution is -2.30. The first-order valence-electron chi connectivity index (χ1n) is 19.2. The van der Waals surface area contributed by atoms with E-state index in [4.69, 9.17) is 14.2 Å². The molecule has 0 bridgehead atoms. The Kier molecular flexibility index (Phi) is 33.6. The van der Waals surface area contributed by atoms with Gasteiger partial charge >= 0.3 is 17.9 Å². The Morgan fingerprint density at radius 2 is 0.778 bits per heavy atom. The molecule has 45 heavy (non-hydrogen) atoms. The summed E-state index contributed by atoms with van der Waals surface area (Å²) < 4.78 is 16.2. The van der Waals surface area contributed by atoms with Gasteiger partial charge in [-0.15, -0.1) is 0 Å². The molecule has 1 atom stereocenters. The van der Waals surface area contributed by atoms with Crippen LogP contribution >= 0.6 is 0 Å². The molecule has 0 radical (unpaired) electrons. The van der Waals surface area contributed by atoms with E-state index >= 15 is 0 Å². The van der Waals surface area contributed by atoms with E-state index < -0.39 is 6.10 Å². The number of ether oxygens (including phenoxy) is 3. The van der Waals surface area contributed by atoms with Gasteiger partial charge in [0.05, 0.1) is 0 Å². The highest BCUT2D eigenvalue weighted by atomic mass is 16.6. The van der Waals surface area contributed by atoms with E-state index in [1.54, 1.807) is 0 Å². The Labute approximate surface area is 278 Å². The lowest BCUT2D eigenvalue weighted by molar-refractivity contribution is -0.167. The van der Waals surface area contributed by atoms with Gasteiger partial charge in [-0.05, 0) is 44.9 Å². The van der Waals surface area contributed by atoms with Crippen LogP contribution in [0.3, 0.4) is 0 Å². The fourth-order valence-corrected chi connectivity index (χ4v) is 5.35. The fourth-order valence-electron chi connectivity index (χ4n) is 5.35. The van der Waals surface area contributed by atoms with E-state index in [1.165, 1.54) is 109 Å². The molecule has 0 fully saturated rings. The number of hydrogen-bond donors (Lipinski definition) is 0. The van der Waals surface area contributed by atoms with E-state index in [0.717, 1.165) is 44.9 Å². The normalized spacial score (nSPS) is 12.0. The van der Waals surface area contributed by atoms with Gasteiger partial charge in [-0.2, -0.15) is 0 Å². The quantitative estimate of drug-likeness (QED) is 0.0303. The Bertz CT molecular complexity index is 704. The van der Waals surface area contributed by atoms with Gasteiger partial charge in [-0.3, -0.25) is 14.4 Å². The second-order valence-corrected chi connectivity index (χ2v) is 12.8. The average molecular weight is 637 g/mol. The van der Waals surface area contributed by atoms with Crippen LogP contribution in [-0.2, 0) is 28.6 Å². The van der Waals surface area contributed by atoms with Crippen LogP contribution in [0.25, 0.3) is 0 Å². The molecule has 0 aromatic rings. The van der Waals surface area contributed by atoms with Crippen LogP contribution < -0.4 is 0 Å². The summed E-state index contributed by atoms with van der Waals surface area (Å²) in [5, 5.41) is 0. The molecule has 0 aromatic carbocycles. The number of carbonyl (C=O) groups excluding carboxylic acids is 3. The van der Waals surface area contributed by atoms with Crippen LogP contribution in [0, 0.1) is 0 Å². The van der Waals surface area contributed by atoms with Gasteiger partial charge in [-0.1, -0.05) is 148 Å².